The molecule has 1 aliphatic rings. The maximum absolute atomic E-state index is 5.77. The molecule has 2 rings (SSSR count). The van der Waals surface area contributed by atoms with Crippen molar-refractivity contribution < 1.29 is 0 Å². The minimum atomic E-state index is 0.776. The van der Waals surface area contributed by atoms with E-state index in [-0.39, 0.29) is 0 Å². The van der Waals surface area contributed by atoms with E-state index in [1.165, 1.54) is 25.7 Å². The van der Waals surface area contributed by atoms with Gasteiger partial charge in [-0.3, -0.25) is 0 Å². The molecule has 1 aromatic rings. The second-order valence-corrected chi connectivity index (χ2v) is 4.88. The van der Waals surface area contributed by atoms with Crippen molar-refractivity contribution in [2.75, 3.05) is 24.2 Å². The summed E-state index contributed by atoms with van der Waals surface area (Å²) >= 11 is 0. The van der Waals surface area contributed by atoms with E-state index in [9.17, 15) is 0 Å². The van der Waals surface area contributed by atoms with Crippen molar-refractivity contribution in [1.82, 2.24) is 4.98 Å². The average Bonchev–Trinajstić information content (AvgIpc) is 2.74. The van der Waals surface area contributed by atoms with Gasteiger partial charge in [-0.05, 0) is 37.8 Å². The minimum Gasteiger partial charge on any atom is -0.397 e. The maximum Gasteiger partial charge on any atom is 0.128 e. The first-order valence-corrected chi connectivity index (χ1v) is 6.11. The number of hydrogen-bond acceptors (Lipinski definition) is 3. The first-order valence-electron chi connectivity index (χ1n) is 6.11. The van der Waals surface area contributed by atoms with Gasteiger partial charge in [0, 0.05) is 13.6 Å². The molecule has 0 radical (unpaired) electrons. The van der Waals surface area contributed by atoms with E-state index in [1.807, 2.05) is 19.1 Å². The summed E-state index contributed by atoms with van der Waals surface area (Å²) in [5.74, 6) is 1.89. The number of rotatable bonds is 3. The molecular weight excluding hydrogens is 198 g/mol. The molecule has 16 heavy (non-hydrogen) atoms. The SMILES string of the molecule is Cc1nc(N(C)CC2CCCC2)ccc1N. The molecule has 3 nitrogen and oxygen atoms in total. The fourth-order valence-corrected chi connectivity index (χ4v) is 2.44. The van der Waals surface area contributed by atoms with E-state index in [0.29, 0.717) is 0 Å². The van der Waals surface area contributed by atoms with Gasteiger partial charge in [0.05, 0.1) is 11.4 Å². The maximum atomic E-state index is 5.77. The Kier molecular flexibility index (Phi) is 3.32. The highest BCUT2D eigenvalue weighted by Gasteiger charge is 2.17. The molecule has 88 valence electrons. The number of pyridine rings is 1. The molecule has 3 heteroatoms. The zero-order valence-corrected chi connectivity index (χ0v) is 10.2. The topological polar surface area (TPSA) is 42.2 Å². The Labute approximate surface area is 97.7 Å². The average molecular weight is 219 g/mol. The molecule has 0 amide bonds. The molecule has 2 N–H and O–H groups in total. The molecular formula is C13H21N3. The number of hydrogen-bond donors (Lipinski definition) is 1. The number of nitrogens with two attached hydrogens (primary N) is 1. The van der Waals surface area contributed by atoms with Gasteiger partial charge < -0.3 is 10.6 Å². The molecule has 1 aromatic heterocycles. The molecule has 0 unspecified atom stereocenters. The van der Waals surface area contributed by atoms with Crippen molar-refractivity contribution in [3.8, 4) is 0 Å². The minimum absolute atomic E-state index is 0.776. The lowest BCUT2D eigenvalue weighted by Gasteiger charge is -2.22. The smallest absolute Gasteiger partial charge is 0.128 e. The lowest BCUT2D eigenvalue weighted by Crippen LogP contribution is -2.25. The van der Waals surface area contributed by atoms with Crippen LogP contribution in [0.4, 0.5) is 11.5 Å². The quantitative estimate of drug-likeness (QED) is 0.849. The number of aryl methyl sites for hydroxylation is 1. The number of anilines is 2. The lowest BCUT2D eigenvalue weighted by molar-refractivity contribution is 0.545. The summed E-state index contributed by atoms with van der Waals surface area (Å²) < 4.78 is 0. The van der Waals surface area contributed by atoms with Crippen LogP contribution < -0.4 is 10.6 Å². The predicted octanol–water partition coefficient (Wildman–Crippen LogP) is 2.60. The number of nitrogens with zero attached hydrogens (tertiary/aromatic N) is 2. The first kappa shape index (κ1) is 11.2. The van der Waals surface area contributed by atoms with E-state index >= 15 is 0 Å². The number of aromatic nitrogens is 1. The highest BCUT2D eigenvalue weighted by atomic mass is 15.2. The Bertz CT molecular complexity index is 356. The van der Waals surface area contributed by atoms with Crippen molar-refractivity contribution in [1.29, 1.82) is 0 Å². The van der Waals surface area contributed by atoms with E-state index in [1.54, 1.807) is 0 Å². The summed E-state index contributed by atoms with van der Waals surface area (Å²) in [5, 5.41) is 0. The van der Waals surface area contributed by atoms with E-state index < -0.39 is 0 Å². The van der Waals surface area contributed by atoms with Crippen LogP contribution in [-0.4, -0.2) is 18.6 Å². The Morgan fingerprint density at radius 2 is 2.06 bits per heavy atom. The third kappa shape index (κ3) is 2.46. The van der Waals surface area contributed by atoms with Crippen LogP contribution in [0.15, 0.2) is 12.1 Å². The van der Waals surface area contributed by atoms with Gasteiger partial charge in [0.1, 0.15) is 5.82 Å². The summed E-state index contributed by atoms with van der Waals surface area (Å²) in [6, 6.07) is 3.96. The largest absolute Gasteiger partial charge is 0.397 e. The number of nitrogen functional groups attached to an aromatic ring is 1. The second kappa shape index (κ2) is 4.73. The summed E-state index contributed by atoms with van der Waals surface area (Å²) in [6.07, 6.45) is 5.54. The Morgan fingerprint density at radius 1 is 1.38 bits per heavy atom. The van der Waals surface area contributed by atoms with Gasteiger partial charge in [0.15, 0.2) is 0 Å². The standard InChI is InChI=1S/C13H21N3/c1-10-12(14)7-8-13(15-10)16(2)9-11-5-3-4-6-11/h7-8,11H,3-6,9,14H2,1-2H3. The summed E-state index contributed by atoms with van der Waals surface area (Å²) in [7, 11) is 2.12. The van der Waals surface area contributed by atoms with Crippen molar-refractivity contribution in [2.45, 2.75) is 32.6 Å². The third-order valence-electron chi connectivity index (χ3n) is 3.51. The molecule has 0 spiro atoms. The molecule has 1 aliphatic carbocycles. The van der Waals surface area contributed by atoms with Crippen LogP contribution in [-0.2, 0) is 0 Å². The fourth-order valence-electron chi connectivity index (χ4n) is 2.44. The Hall–Kier alpha value is -1.25. The van der Waals surface area contributed by atoms with E-state index in [4.69, 9.17) is 5.73 Å². The van der Waals surface area contributed by atoms with Crippen LogP contribution in [0.1, 0.15) is 31.4 Å². The van der Waals surface area contributed by atoms with Crippen LogP contribution in [0.25, 0.3) is 0 Å². The van der Waals surface area contributed by atoms with Gasteiger partial charge in [-0.25, -0.2) is 4.98 Å². The highest BCUT2D eigenvalue weighted by Crippen LogP contribution is 2.26. The normalized spacial score (nSPS) is 16.6. The van der Waals surface area contributed by atoms with E-state index in [0.717, 1.165) is 29.7 Å². The van der Waals surface area contributed by atoms with Crippen LogP contribution in [0.5, 0.6) is 0 Å². The second-order valence-electron chi connectivity index (χ2n) is 4.88. The van der Waals surface area contributed by atoms with Crippen LogP contribution in [0.3, 0.4) is 0 Å². The van der Waals surface area contributed by atoms with Crippen LogP contribution in [0, 0.1) is 12.8 Å². The van der Waals surface area contributed by atoms with Crippen molar-refractivity contribution in [3.05, 3.63) is 17.8 Å². The van der Waals surface area contributed by atoms with E-state index in [2.05, 4.69) is 16.9 Å². The van der Waals surface area contributed by atoms with Gasteiger partial charge in [-0.15, -0.1) is 0 Å². The lowest BCUT2D eigenvalue weighted by atomic mass is 10.1. The van der Waals surface area contributed by atoms with Gasteiger partial charge in [0.25, 0.3) is 0 Å². The fraction of sp³-hybridized carbons (Fsp3) is 0.615. The van der Waals surface area contributed by atoms with Gasteiger partial charge in [-0.1, -0.05) is 12.8 Å². The summed E-state index contributed by atoms with van der Waals surface area (Å²) in [5.41, 5.74) is 7.47. The zero-order valence-electron chi connectivity index (χ0n) is 10.2. The molecule has 1 saturated carbocycles. The molecule has 0 aromatic carbocycles. The Balaban J connectivity index is 2.02. The van der Waals surface area contributed by atoms with Crippen molar-refractivity contribution >= 4 is 11.5 Å². The van der Waals surface area contributed by atoms with Crippen LogP contribution >= 0.6 is 0 Å². The molecule has 1 fully saturated rings. The van der Waals surface area contributed by atoms with Gasteiger partial charge in [0.2, 0.25) is 0 Å². The van der Waals surface area contributed by atoms with Gasteiger partial charge >= 0.3 is 0 Å². The molecule has 0 aliphatic heterocycles. The molecule has 0 bridgehead atoms. The first-order chi connectivity index (χ1) is 7.66. The van der Waals surface area contributed by atoms with Gasteiger partial charge in [-0.2, -0.15) is 0 Å². The molecule has 1 heterocycles. The third-order valence-corrected chi connectivity index (χ3v) is 3.51. The predicted molar refractivity (Wildman–Crippen MR) is 68.6 cm³/mol. The van der Waals surface area contributed by atoms with Crippen LogP contribution in [0.2, 0.25) is 0 Å². The molecule has 0 atom stereocenters. The van der Waals surface area contributed by atoms with Crippen molar-refractivity contribution in [3.63, 3.8) is 0 Å². The monoisotopic (exact) mass is 219 g/mol. The molecule has 0 saturated heterocycles. The Morgan fingerprint density at radius 3 is 2.69 bits per heavy atom. The summed E-state index contributed by atoms with van der Waals surface area (Å²) in [4.78, 5) is 6.77. The highest BCUT2D eigenvalue weighted by molar-refractivity contribution is 5.50. The zero-order chi connectivity index (χ0) is 11.5. The summed E-state index contributed by atoms with van der Waals surface area (Å²) in [6.45, 7) is 3.08. The van der Waals surface area contributed by atoms with Crippen molar-refractivity contribution in [2.24, 2.45) is 5.92 Å².